The molecule has 2 amide bonds. The zero-order valence-corrected chi connectivity index (χ0v) is 14.0. The molecule has 0 aliphatic heterocycles. The topological polar surface area (TPSA) is 58.2 Å². The summed E-state index contributed by atoms with van der Waals surface area (Å²) in [6.07, 6.45) is 0. The van der Waals surface area contributed by atoms with Gasteiger partial charge in [-0.3, -0.25) is 9.59 Å². The van der Waals surface area contributed by atoms with Crippen LogP contribution in [0.5, 0.6) is 0 Å². The third-order valence-corrected chi connectivity index (χ3v) is 3.65. The fourth-order valence-corrected chi connectivity index (χ4v) is 2.44. The molecule has 2 aromatic carbocycles. The second kappa shape index (κ2) is 7.73. The molecule has 1 unspecified atom stereocenters. The fraction of sp³-hybridized carbons (Fsp3) is 0.263. The Bertz CT molecular complexity index is 709. The van der Waals surface area contributed by atoms with Gasteiger partial charge in [-0.15, -0.1) is 0 Å². The summed E-state index contributed by atoms with van der Waals surface area (Å²) in [6.45, 7) is 5.42. The molecule has 2 aromatic rings. The predicted molar refractivity (Wildman–Crippen MR) is 92.2 cm³/mol. The van der Waals surface area contributed by atoms with Gasteiger partial charge in [0.05, 0.1) is 6.04 Å². The lowest BCUT2D eigenvalue weighted by molar-refractivity contribution is -0.114. The van der Waals surface area contributed by atoms with E-state index in [1.165, 1.54) is 19.1 Å². The molecule has 1 atom stereocenters. The van der Waals surface area contributed by atoms with Gasteiger partial charge in [0, 0.05) is 18.2 Å². The maximum atomic E-state index is 13.1. The van der Waals surface area contributed by atoms with Gasteiger partial charge in [-0.05, 0) is 47.9 Å². The molecule has 0 saturated heterocycles. The lowest BCUT2D eigenvalue weighted by Gasteiger charge is -2.23. The van der Waals surface area contributed by atoms with E-state index in [4.69, 9.17) is 0 Å². The average Bonchev–Trinajstić information content (AvgIpc) is 2.53. The Morgan fingerprint density at radius 1 is 0.958 bits per heavy atom. The van der Waals surface area contributed by atoms with Crippen molar-refractivity contribution in [3.63, 3.8) is 0 Å². The minimum atomic E-state index is -0.304. The van der Waals surface area contributed by atoms with E-state index >= 15 is 0 Å². The number of carbonyl (C=O) groups excluding carboxylic acids is 2. The SMILES string of the molecule is CC(=O)Nc1ccc(C(=O)NC(c2ccc(F)cc2)C(C)C)cc1. The molecule has 4 nitrogen and oxygen atoms in total. The van der Waals surface area contributed by atoms with Gasteiger partial charge in [0.2, 0.25) is 5.91 Å². The van der Waals surface area contributed by atoms with E-state index in [9.17, 15) is 14.0 Å². The first-order chi connectivity index (χ1) is 11.4. The van der Waals surface area contributed by atoms with E-state index in [0.29, 0.717) is 11.3 Å². The van der Waals surface area contributed by atoms with Gasteiger partial charge in [-0.25, -0.2) is 4.39 Å². The number of hydrogen-bond acceptors (Lipinski definition) is 2. The van der Waals surface area contributed by atoms with Crippen LogP contribution < -0.4 is 10.6 Å². The number of amides is 2. The van der Waals surface area contributed by atoms with Gasteiger partial charge in [-0.2, -0.15) is 0 Å². The average molecular weight is 328 g/mol. The standard InChI is InChI=1S/C19H21FN2O2/c1-12(2)18(14-4-8-16(20)9-5-14)22-19(24)15-6-10-17(11-7-15)21-13(3)23/h4-12,18H,1-3H3,(H,21,23)(H,22,24). The summed E-state index contributed by atoms with van der Waals surface area (Å²) in [6, 6.07) is 12.6. The van der Waals surface area contributed by atoms with Gasteiger partial charge in [0.15, 0.2) is 0 Å². The molecular weight excluding hydrogens is 307 g/mol. The molecule has 0 bridgehead atoms. The predicted octanol–water partition coefficient (Wildman–Crippen LogP) is 3.91. The molecule has 2 rings (SSSR count). The van der Waals surface area contributed by atoms with E-state index in [-0.39, 0.29) is 29.6 Å². The normalized spacial score (nSPS) is 11.9. The molecule has 0 aromatic heterocycles. The summed E-state index contributed by atoms with van der Waals surface area (Å²) < 4.78 is 13.1. The molecule has 126 valence electrons. The molecule has 0 heterocycles. The van der Waals surface area contributed by atoms with E-state index < -0.39 is 0 Å². The van der Waals surface area contributed by atoms with Crippen LogP contribution >= 0.6 is 0 Å². The second-order valence-electron chi connectivity index (χ2n) is 6.01. The van der Waals surface area contributed by atoms with Crippen molar-refractivity contribution in [2.45, 2.75) is 26.8 Å². The van der Waals surface area contributed by atoms with Crippen molar-refractivity contribution in [3.8, 4) is 0 Å². The van der Waals surface area contributed by atoms with E-state index in [0.717, 1.165) is 5.56 Å². The summed E-state index contributed by atoms with van der Waals surface area (Å²) in [5.41, 5.74) is 1.99. The van der Waals surface area contributed by atoms with Crippen molar-refractivity contribution in [1.29, 1.82) is 0 Å². The van der Waals surface area contributed by atoms with Gasteiger partial charge in [0.25, 0.3) is 5.91 Å². The molecule has 0 saturated carbocycles. The molecular formula is C19H21FN2O2. The van der Waals surface area contributed by atoms with Crippen LogP contribution in [0.3, 0.4) is 0 Å². The maximum absolute atomic E-state index is 13.1. The molecule has 0 fully saturated rings. The molecule has 5 heteroatoms. The highest BCUT2D eigenvalue weighted by Crippen LogP contribution is 2.22. The Hall–Kier alpha value is -2.69. The van der Waals surface area contributed by atoms with Gasteiger partial charge < -0.3 is 10.6 Å². The van der Waals surface area contributed by atoms with Crippen LogP contribution in [0.1, 0.15) is 42.7 Å². The minimum absolute atomic E-state index is 0.151. The third-order valence-electron chi connectivity index (χ3n) is 3.65. The Balaban J connectivity index is 2.13. The Labute approximate surface area is 141 Å². The van der Waals surface area contributed by atoms with Crippen molar-refractivity contribution in [1.82, 2.24) is 5.32 Å². The van der Waals surface area contributed by atoms with Crippen LogP contribution in [0.4, 0.5) is 10.1 Å². The summed E-state index contributed by atoms with van der Waals surface area (Å²) >= 11 is 0. The number of halogens is 1. The number of rotatable bonds is 5. The van der Waals surface area contributed by atoms with Crippen molar-refractivity contribution < 1.29 is 14.0 Å². The molecule has 0 aliphatic carbocycles. The van der Waals surface area contributed by atoms with Gasteiger partial charge >= 0.3 is 0 Å². The van der Waals surface area contributed by atoms with Gasteiger partial charge in [-0.1, -0.05) is 26.0 Å². The van der Waals surface area contributed by atoms with Crippen LogP contribution in [-0.2, 0) is 4.79 Å². The smallest absolute Gasteiger partial charge is 0.251 e. The summed E-state index contributed by atoms with van der Waals surface area (Å²) in [7, 11) is 0. The Morgan fingerprint density at radius 2 is 1.54 bits per heavy atom. The molecule has 0 radical (unpaired) electrons. The number of carbonyl (C=O) groups is 2. The Kier molecular flexibility index (Phi) is 5.68. The van der Waals surface area contributed by atoms with Gasteiger partial charge in [0.1, 0.15) is 5.82 Å². The van der Waals surface area contributed by atoms with Crippen LogP contribution in [0, 0.1) is 11.7 Å². The first kappa shape index (κ1) is 17.7. The zero-order valence-electron chi connectivity index (χ0n) is 14.0. The fourth-order valence-electron chi connectivity index (χ4n) is 2.44. The highest BCUT2D eigenvalue weighted by atomic mass is 19.1. The number of anilines is 1. The highest BCUT2D eigenvalue weighted by Gasteiger charge is 2.19. The largest absolute Gasteiger partial charge is 0.345 e. The number of nitrogens with one attached hydrogen (secondary N) is 2. The first-order valence-electron chi connectivity index (χ1n) is 7.81. The lowest BCUT2D eigenvalue weighted by atomic mass is 9.95. The highest BCUT2D eigenvalue weighted by molar-refractivity contribution is 5.95. The molecule has 0 aliphatic rings. The molecule has 2 N–H and O–H groups in total. The van der Waals surface area contributed by atoms with Crippen LogP contribution in [0.2, 0.25) is 0 Å². The summed E-state index contributed by atoms with van der Waals surface area (Å²) in [5, 5.41) is 5.63. The molecule has 0 spiro atoms. The summed E-state index contributed by atoms with van der Waals surface area (Å²) in [5.74, 6) is -0.532. The summed E-state index contributed by atoms with van der Waals surface area (Å²) in [4.78, 5) is 23.5. The molecule has 24 heavy (non-hydrogen) atoms. The maximum Gasteiger partial charge on any atom is 0.251 e. The lowest BCUT2D eigenvalue weighted by Crippen LogP contribution is -2.31. The first-order valence-corrected chi connectivity index (χ1v) is 7.81. The van der Waals surface area contributed by atoms with Crippen molar-refractivity contribution in [3.05, 3.63) is 65.5 Å². The Morgan fingerprint density at radius 3 is 2.04 bits per heavy atom. The van der Waals surface area contributed by atoms with Crippen molar-refractivity contribution in [2.24, 2.45) is 5.92 Å². The zero-order chi connectivity index (χ0) is 17.7. The quantitative estimate of drug-likeness (QED) is 0.874. The van der Waals surface area contributed by atoms with E-state index in [2.05, 4.69) is 10.6 Å². The van der Waals surface area contributed by atoms with E-state index in [1.54, 1.807) is 36.4 Å². The van der Waals surface area contributed by atoms with Crippen LogP contribution in [0.15, 0.2) is 48.5 Å². The van der Waals surface area contributed by atoms with Crippen LogP contribution in [-0.4, -0.2) is 11.8 Å². The monoisotopic (exact) mass is 328 g/mol. The number of benzene rings is 2. The van der Waals surface area contributed by atoms with Crippen molar-refractivity contribution >= 4 is 17.5 Å². The second-order valence-corrected chi connectivity index (χ2v) is 6.01. The van der Waals surface area contributed by atoms with Crippen molar-refractivity contribution in [2.75, 3.05) is 5.32 Å². The van der Waals surface area contributed by atoms with E-state index in [1.807, 2.05) is 13.8 Å². The van der Waals surface area contributed by atoms with Crippen LogP contribution in [0.25, 0.3) is 0 Å². The third kappa shape index (κ3) is 4.65. The minimum Gasteiger partial charge on any atom is -0.345 e. The number of hydrogen-bond donors (Lipinski definition) is 2.